The third-order valence-electron chi connectivity index (χ3n) is 12.1. The SMILES string of the molecule is CC#Cc1ccc(C2=C(c3ccccc3)C(=O)C(c3ccccc3)=C2c2ccc(Oc3ccc(C4=C(c5ccccc5)C(=O)C(c5ccccc5)=C4c4ccc(C#CC)cc4)cc3)cc2)cc1. The minimum absolute atomic E-state index is 0.0218. The molecule has 2 aliphatic carbocycles. The predicted octanol–water partition coefficient (Wildman–Crippen LogP) is 14.4. The number of hydrogen-bond donors (Lipinski definition) is 0. The molecular weight excluding hydrogens is 817 g/mol. The van der Waals surface area contributed by atoms with Crippen LogP contribution in [0, 0.1) is 23.7 Å². The summed E-state index contributed by atoms with van der Waals surface area (Å²) in [5, 5.41) is 0. The lowest BCUT2D eigenvalue weighted by Gasteiger charge is -2.15. The average molecular weight is 859 g/mol. The van der Waals surface area contributed by atoms with Gasteiger partial charge in [-0.1, -0.05) is 182 Å². The number of allylic oxidation sites excluding steroid dienone is 8. The standard InChI is InChI=1S/C64H42O3/c1-3-17-43-27-31-49(32-28-43)55-57(61(47-23-13-7-14-24-47)63(65)59(55)45-19-9-5-10-20-45)51-35-39-53(40-36-51)67-54-41-37-52(38-42-54)58-56(50-33-29-44(18-4-2)30-34-50)60(46-21-11-6-12-22-46)64(66)62(58)48-25-15-8-16-26-48/h5-16,19-42H,1-2H3. The summed E-state index contributed by atoms with van der Waals surface area (Å²) < 4.78 is 6.54. The molecule has 8 aromatic rings. The van der Waals surface area contributed by atoms with Crippen LogP contribution in [0.4, 0.5) is 0 Å². The fourth-order valence-corrected chi connectivity index (χ4v) is 9.12. The molecule has 10 rings (SSSR count). The highest BCUT2D eigenvalue weighted by molar-refractivity contribution is 6.60. The van der Waals surface area contributed by atoms with Gasteiger partial charge in [-0.2, -0.15) is 0 Å². The highest BCUT2D eigenvalue weighted by atomic mass is 16.5. The number of hydrogen-bond acceptors (Lipinski definition) is 3. The zero-order chi connectivity index (χ0) is 45.7. The summed E-state index contributed by atoms with van der Waals surface area (Å²) in [5.74, 6) is 13.5. The van der Waals surface area contributed by atoms with Crippen molar-refractivity contribution in [2.75, 3.05) is 0 Å². The zero-order valence-corrected chi connectivity index (χ0v) is 37.0. The minimum Gasteiger partial charge on any atom is -0.457 e. The van der Waals surface area contributed by atoms with E-state index in [1.54, 1.807) is 0 Å². The first-order valence-electron chi connectivity index (χ1n) is 22.2. The summed E-state index contributed by atoms with van der Waals surface area (Å²) in [4.78, 5) is 29.7. The molecule has 3 heteroatoms. The van der Waals surface area contributed by atoms with Crippen molar-refractivity contribution in [3.63, 3.8) is 0 Å². The molecule has 0 aliphatic heterocycles. The number of carbonyl (C=O) groups is 2. The maximum absolute atomic E-state index is 14.8. The van der Waals surface area contributed by atoms with Crippen LogP contribution in [0.5, 0.6) is 11.5 Å². The second-order valence-corrected chi connectivity index (χ2v) is 16.2. The van der Waals surface area contributed by atoms with E-state index in [1.165, 1.54) is 0 Å². The fraction of sp³-hybridized carbons (Fsp3) is 0.0312. The van der Waals surface area contributed by atoms with Gasteiger partial charge < -0.3 is 4.74 Å². The van der Waals surface area contributed by atoms with Crippen LogP contribution in [0.2, 0.25) is 0 Å². The summed E-state index contributed by atoms with van der Waals surface area (Å²) in [6, 6.07) is 71.8. The Kier molecular flexibility index (Phi) is 11.6. The molecule has 0 bridgehead atoms. The van der Waals surface area contributed by atoms with E-state index in [-0.39, 0.29) is 11.6 Å². The lowest BCUT2D eigenvalue weighted by molar-refractivity contribution is -0.109. The van der Waals surface area contributed by atoms with Gasteiger partial charge in [-0.25, -0.2) is 0 Å². The molecule has 0 saturated heterocycles. The Morgan fingerprint density at radius 3 is 0.731 bits per heavy atom. The van der Waals surface area contributed by atoms with Gasteiger partial charge in [-0.3, -0.25) is 9.59 Å². The molecule has 0 aromatic heterocycles. The molecule has 2 aliphatic rings. The summed E-state index contributed by atoms with van der Waals surface area (Å²) in [6.45, 7) is 3.65. The Bertz CT molecular complexity index is 3200. The number of carbonyl (C=O) groups excluding carboxylic acids is 2. The van der Waals surface area contributed by atoms with Gasteiger partial charge in [0.1, 0.15) is 11.5 Å². The number of ketones is 2. The van der Waals surface area contributed by atoms with Crippen LogP contribution in [-0.2, 0) is 9.59 Å². The van der Waals surface area contributed by atoms with E-state index in [1.807, 2.05) is 208 Å². The van der Waals surface area contributed by atoms with Gasteiger partial charge in [-0.05, 0) is 107 Å². The van der Waals surface area contributed by atoms with Gasteiger partial charge in [0, 0.05) is 55.7 Å². The van der Waals surface area contributed by atoms with E-state index < -0.39 is 0 Å². The third kappa shape index (κ3) is 8.19. The molecule has 0 atom stereocenters. The van der Waals surface area contributed by atoms with E-state index in [2.05, 4.69) is 47.9 Å². The van der Waals surface area contributed by atoms with Crippen molar-refractivity contribution in [1.29, 1.82) is 0 Å². The van der Waals surface area contributed by atoms with Crippen molar-refractivity contribution in [3.05, 3.63) is 274 Å². The fourth-order valence-electron chi connectivity index (χ4n) is 9.12. The van der Waals surface area contributed by atoms with Crippen LogP contribution in [-0.4, -0.2) is 11.6 Å². The monoisotopic (exact) mass is 858 g/mol. The first kappa shape index (κ1) is 42.0. The number of Topliss-reactive ketones (excluding diaryl/α,β-unsaturated/α-hetero) is 2. The predicted molar refractivity (Wildman–Crippen MR) is 274 cm³/mol. The van der Waals surface area contributed by atoms with Crippen molar-refractivity contribution in [2.45, 2.75) is 13.8 Å². The van der Waals surface area contributed by atoms with Crippen molar-refractivity contribution >= 4 is 56.2 Å². The first-order valence-corrected chi connectivity index (χ1v) is 22.2. The highest BCUT2D eigenvalue weighted by Crippen LogP contribution is 2.51. The lowest BCUT2D eigenvalue weighted by atomic mass is 9.89. The van der Waals surface area contributed by atoms with E-state index in [0.29, 0.717) is 33.8 Å². The van der Waals surface area contributed by atoms with E-state index >= 15 is 0 Å². The summed E-state index contributed by atoms with van der Waals surface area (Å²) in [7, 11) is 0. The summed E-state index contributed by atoms with van der Waals surface area (Å²) in [6.07, 6.45) is 0. The topological polar surface area (TPSA) is 43.4 Å². The van der Waals surface area contributed by atoms with E-state index in [4.69, 9.17) is 4.74 Å². The van der Waals surface area contributed by atoms with Crippen LogP contribution in [0.25, 0.3) is 44.6 Å². The summed E-state index contributed by atoms with van der Waals surface area (Å²) >= 11 is 0. The van der Waals surface area contributed by atoms with Gasteiger partial charge in [0.15, 0.2) is 11.6 Å². The quantitative estimate of drug-likeness (QED) is 0.129. The van der Waals surface area contributed by atoms with Crippen LogP contribution < -0.4 is 4.74 Å². The lowest BCUT2D eigenvalue weighted by Crippen LogP contribution is -2.01. The van der Waals surface area contributed by atoms with Crippen LogP contribution >= 0.6 is 0 Å². The molecule has 316 valence electrons. The smallest absolute Gasteiger partial charge is 0.195 e. The van der Waals surface area contributed by atoms with Crippen LogP contribution in [0.3, 0.4) is 0 Å². The van der Waals surface area contributed by atoms with Gasteiger partial charge in [0.25, 0.3) is 0 Å². The largest absolute Gasteiger partial charge is 0.457 e. The molecular formula is C64H42O3. The Morgan fingerprint density at radius 1 is 0.269 bits per heavy atom. The molecule has 67 heavy (non-hydrogen) atoms. The van der Waals surface area contributed by atoms with Gasteiger partial charge >= 0.3 is 0 Å². The zero-order valence-electron chi connectivity index (χ0n) is 37.0. The van der Waals surface area contributed by atoms with Crippen LogP contribution in [0.1, 0.15) is 69.5 Å². The van der Waals surface area contributed by atoms with Gasteiger partial charge in [0.2, 0.25) is 0 Å². The maximum atomic E-state index is 14.8. The third-order valence-corrected chi connectivity index (χ3v) is 12.1. The van der Waals surface area contributed by atoms with Crippen molar-refractivity contribution in [1.82, 2.24) is 0 Å². The molecule has 0 N–H and O–H groups in total. The Morgan fingerprint density at radius 2 is 0.493 bits per heavy atom. The van der Waals surface area contributed by atoms with E-state index in [9.17, 15) is 9.59 Å². The number of benzene rings is 8. The van der Waals surface area contributed by atoms with Crippen molar-refractivity contribution < 1.29 is 14.3 Å². The normalized spacial score (nSPS) is 13.4. The molecule has 0 heterocycles. The number of rotatable bonds is 10. The Labute approximate surface area is 391 Å². The van der Waals surface area contributed by atoms with Gasteiger partial charge in [-0.15, -0.1) is 11.8 Å². The summed E-state index contributed by atoms with van der Waals surface area (Å²) in [5.41, 5.74) is 15.0. The first-order chi connectivity index (χ1) is 33.0. The van der Waals surface area contributed by atoms with Crippen LogP contribution in [0.15, 0.2) is 218 Å². The second-order valence-electron chi connectivity index (χ2n) is 16.2. The van der Waals surface area contributed by atoms with Crippen molar-refractivity contribution in [3.8, 4) is 35.2 Å². The molecule has 0 fully saturated rings. The maximum Gasteiger partial charge on any atom is 0.195 e. The molecule has 3 nitrogen and oxygen atoms in total. The number of ether oxygens (including phenoxy) is 1. The molecule has 8 aromatic carbocycles. The highest BCUT2D eigenvalue weighted by Gasteiger charge is 2.37. The Balaban J connectivity index is 1.04. The Hall–Kier alpha value is -9.02. The average Bonchev–Trinajstić information content (AvgIpc) is 3.87. The van der Waals surface area contributed by atoms with Crippen molar-refractivity contribution in [2.24, 2.45) is 0 Å². The minimum atomic E-state index is -0.0218. The molecule has 0 spiro atoms. The molecule has 0 unspecified atom stereocenters. The molecule has 0 radical (unpaired) electrons. The molecule has 0 amide bonds. The molecule has 0 saturated carbocycles. The van der Waals surface area contributed by atoms with Gasteiger partial charge in [0.05, 0.1) is 0 Å². The van der Waals surface area contributed by atoms with E-state index in [0.717, 1.165) is 77.9 Å². The second kappa shape index (κ2) is 18.6.